The molecule has 0 saturated carbocycles. The normalized spacial score (nSPS) is 13.4. The van der Waals surface area contributed by atoms with E-state index in [1.807, 2.05) is 26.7 Å². The van der Waals surface area contributed by atoms with Crippen LogP contribution in [0, 0.1) is 5.41 Å². The van der Waals surface area contributed by atoms with E-state index in [-0.39, 0.29) is 10.2 Å². The third kappa shape index (κ3) is 2.30. The maximum atomic E-state index is 10.8. The summed E-state index contributed by atoms with van der Waals surface area (Å²) in [5.74, 6) is 2.59. The van der Waals surface area contributed by atoms with E-state index < -0.39 is 0 Å². The monoisotopic (exact) mass is 257 g/mol. The Morgan fingerprint density at radius 3 is 2.64 bits per heavy atom. The van der Waals surface area contributed by atoms with Gasteiger partial charge in [0, 0.05) is 5.57 Å². The van der Waals surface area contributed by atoms with Crippen LogP contribution in [0.15, 0.2) is 11.9 Å². The number of halogens is 1. The van der Waals surface area contributed by atoms with Gasteiger partial charge in [-0.1, -0.05) is 36.7 Å². The first-order chi connectivity index (χ1) is 6.46. The van der Waals surface area contributed by atoms with Crippen molar-refractivity contribution in [1.82, 2.24) is 15.2 Å². The third-order valence-corrected chi connectivity index (χ3v) is 2.74. The van der Waals surface area contributed by atoms with Crippen LogP contribution in [-0.2, 0) is 4.79 Å². The molecule has 5 heteroatoms. The Kier molecular flexibility index (Phi) is 3.24. The van der Waals surface area contributed by atoms with Crippen LogP contribution in [0.4, 0.5) is 0 Å². The van der Waals surface area contributed by atoms with Crippen LogP contribution in [0.1, 0.15) is 31.4 Å². The minimum Gasteiger partial charge on any atom is -0.262 e. The van der Waals surface area contributed by atoms with Gasteiger partial charge in [-0.15, -0.1) is 0 Å². The first-order valence-corrected chi connectivity index (χ1v) is 5.13. The number of aromatic nitrogens is 3. The van der Waals surface area contributed by atoms with Gasteiger partial charge in [-0.25, -0.2) is 9.78 Å². The Labute approximate surface area is 90.9 Å². The number of nitrogens with zero attached hydrogens (tertiary/aromatic N) is 2. The van der Waals surface area contributed by atoms with Crippen LogP contribution >= 0.6 is 15.9 Å². The third-order valence-electron chi connectivity index (χ3n) is 1.85. The minimum atomic E-state index is -0.248. The first kappa shape index (κ1) is 11.1. The van der Waals surface area contributed by atoms with Gasteiger partial charge in [0.1, 0.15) is 22.9 Å². The molecule has 1 heterocycles. The van der Waals surface area contributed by atoms with Crippen molar-refractivity contribution in [3.63, 3.8) is 0 Å². The number of nitrogens with one attached hydrogen (secondary N) is 1. The lowest BCUT2D eigenvalue weighted by Crippen LogP contribution is -2.15. The predicted octanol–water partition coefficient (Wildman–Crippen LogP) is 2.04. The molecule has 0 fully saturated rings. The maximum absolute atomic E-state index is 10.8. The SMILES string of the molecule is CC(C)(C)C(=C=O)C(Br)c1ncn[nH]1. The lowest BCUT2D eigenvalue weighted by Gasteiger charge is -2.22. The average molecular weight is 258 g/mol. The van der Waals surface area contributed by atoms with Gasteiger partial charge in [-0.3, -0.25) is 5.10 Å². The van der Waals surface area contributed by atoms with Crippen molar-refractivity contribution in [3.05, 3.63) is 17.7 Å². The molecule has 14 heavy (non-hydrogen) atoms. The summed E-state index contributed by atoms with van der Waals surface area (Å²) < 4.78 is 0. The van der Waals surface area contributed by atoms with Crippen molar-refractivity contribution in [2.75, 3.05) is 0 Å². The van der Waals surface area contributed by atoms with Crippen molar-refractivity contribution in [2.24, 2.45) is 5.41 Å². The molecule has 0 saturated heterocycles. The van der Waals surface area contributed by atoms with Gasteiger partial charge in [0.05, 0.1) is 0 Å². The molecular weight excluding hydrogens is 246 g/mol. The molecule has 0 aliphatic heterocycles. The fourth-order valence-corrected chi connectivity index (χ4v) is 2.06. The van der Waals surface area contributed by atoms with E-state index >= 15 is 0 Å². The molecule has 1 aromatic rings. The van der Waals surface area contributed by atoms with Crippen LogP contribution in [0.2, 0.25) is 0 Å². The van der Waals surface area contributed by atoms with Gasteiger partial charge >= 0.3 is 0 Å². The molecule has 1 N–H and O–H groups in total. The Morgan fingerprint density at radius 1 is 1.64 bits per heavy atom. The molecule has 0 radical (unpaired) electrons. The molecule has 0 aliphatic rings. The molecule has 0 spiro atoms. The average Bonchev–Trinajstić information content (AvgIpc) is 2.53. The fourth-order valence-electron chi connectivity index (χ4n) is 1.06. The van der Waals surface area contributed by atoms with Gasteiger partial charge < -0.3 is 0 Å². The van der Waals surface area contributed by atoms with Crippen LogP contribution in [-0.4, -0.2) is 21.1 Å². The zero-order chi connectivity index (χ0) is 10.8. The molecule has 1 rings (SSSR count). The van der Waals surface area contributed by atoms with E-state index in [0.717, 1.165) is 0 Å². The molecule has 1 aromatic heterocycles. The Morgan fingerprint density at radius 2 is 2.29 bits per heavy atom. The zero-order valence-corrected chi connectivity index (χ0v) is 9.92. The molecule has 1 unspecified atom stereocenters. The van der Waals surface area contributed by atoms with E-state index in [9.17, 15) is 4.79 Å². The standard InChI is InChI=1S/C9H12BrN3O/c1-9(2,3)6(4-14)7(10)8-11-5-12-13-8/h5,7H,1-3H3,(H,11,12,13). The largest absolute Gasteiger partial charge is 0.262 e. The fraction of sp³-hybridized carbons (Fsp3) is 0.556. The van der Waals surface area contributed by atoms with Crippen molar-refractivity contribution >= 4 is 21.9 Å². The number of H-pyrrole nitrogens is 1. The molecule has 0 aromatic carbocycles. The molecular formula is C9H12BrN3O. The van der Waals surface area contributed by atoms with E-state index in [2.05, 4.69) is 31.1 Å². The van der Waals surface area contributed by atoms with Crippen molar-refractivity contribution < 1.29 is 4.79 Å². The predicted molar refractivity (Wildman–Crippen MR) is 56.7 cm³/mol. The highest BCUT2D eigenvalue weighted by Crippen LogP contribution is 2.37. The molecule has 76 valence electrons. The summed E-state index contributed by atoms with van der Waals surface area (Å²) in [4.78, 5) is 14.6. The zero-order valence-electron chi connectivity index (χ0n) is 8.34. The van der Waals surface area contributed by atoms with Crippen LogP contribution in [0.25, 0.3) is 0 Å². The number of alkyl halides is 1. The molecule has 0 aliphatic carbocycles. The Bertz CT molecular complexity index is 347. The van der Waals surface area contributed by atoms with Gasteiger partial charge in [0.25, 0.3) is 0 Å². The van der Waals surface area contributed by atoms with Crippen LogP contribution < -0.4 is 0 Å². The van der Waals surface area contributed by atoms with Crippen LogP contribution in [0.3, 0.4) is 0 Å². The van der Waals surface area contributed by atoms with Gasteiger partial charge in [-0.2, -0.15) is 5.10 Å². The summed E-state index contributed by atoms with van der Waals surface area (Å²) in [6, 6.07) is 0. The molecule has 4 nitrogen and oxygen atoms in total. The van der Waals surface area contributed by atoms with Gasteiger partial charge in [0.2, 0.25) is 0 Å². The second-order valence-corrected chi connectivity index (χ2v) is 4.91. The maximum Gasteiger partial charge on any atom is 0.142 e. The highest BCUT2D eigenvalue weighted by molar-refractivity contribution is 9.09. The summed E-state index contributed by atoms with van der Waals surface area (Å²) in [5, 5.41) is 6.45. The number of hydrogen-bond donors (Lipinski definition) is 1. The van der Waals surface area contributed by atoms with E-state index in [1.54, 1.807) is 0 Å². The van der Waals surface area contributed by atoms with E-state index in [4.69, 9.17) is 0 Å². The number of allylic oxidation sites excluding steroid dienone is 1. The quantitative estimate of drug-likeness (QED) is 0.652. The summed E-state index contributed by atoms with van der Waals surface area (Å²) >= 11 is 3.39. The second kappa shape index (κ2) is 4.07. The summed E-state index contributed by atoms with van der Waals surface area (Å²) in [7, 11) is 0. The van der Waals surface area contributed by atoms with Gasteiger partial charge in [-0.05, 0) is 5.41 Å². The summed E-state index contributed by atoms with van der Waals surface area (Å²) in [6.45, 7) is 5.87. The van der Waals surface area contributed by atoms with Crippen molar-refractivity contribution in [3.8, 4) is 0 Å². The smallest absolute Gasteiger partial charge is 0.142 e. The topological polar surface area (TPSA) is 58.6 Å². The van der Waals surface area contributed by atoms with Crippen LogP contribution in [0.5, 0.6) is 0 Å². The highest BCUT2D eigenvalue weighted by Gasteiger charge is 2.27. The lowest BCUT2D eigenvalue weighted by molar-refractivity contribution is 0.482. The Hall–Kier alpha value is -0.930. The lowest BCUT2D eigenvalue weighted by atomic mass is 9.85. The Balaban J connectivity index is 3.00. The number of rotatable bonds is 2. The van der Waals surface area contributed by atoms with Crippen molar-refractivity contribution in [1.29, 1.82) is 0 Å². The number of hydrogen-bond acceptors (Lipinski definition) is 3. The second-order valence-electron chi connectivity index (χ2n) is 4.00. The number of aromatic amines is 1. The molecule has 1 atom stereocenters. The summed E-state index contributed by atoms with van der Waals surface area (Å²) in [5.41, 5.74) is 0.386. The molecule has 0 bridgehead atoms. The summed E-state index contributed by atoms with van der Waals surface area (Å²) in [6.07, 6.45) is 1.41. The number of carbonyl (C=O) groups excluding carboxylic acids is 1. The minimum absolute atomic E-state index is 0.233. The molecule has 0 amide bonds. The van der Waals surface area contributed by atoms with E-state index in [0.29, 0.717) is 11.4 Å². The van der Waals surface area contributed by atoms with E-state index in [1.165, 1.54) is 6.33 Å². The first-order valence-electron chi connectivity index (χ1n) is 4.21. The highest BCUT2D eigenvalue weighted by atomic mass is 79.9. The van der Waals surface area contributed by atoms with Crippen molar-refractivity contribution in [2.45, 2.75) is 25.6 Å². The van der Waals surface area contributed by atoms with Gasteiger partial charge in [0.15, 0.2) is 0 Å².